The van der Waals surface area contributed by atoms with Crippen molar-refractivity contribution < 1.29 is 0 Å². The highest BCUT2D eigenvalue weighted by Crippen LogP contribution is 2.31. The Morgan fingerprint density at radius 1 is 1.05 bits per heavy atom. The van der Waals surface area contributed by atoms with Gasteiger partial charge in [0.25, 0.3) is 0 Å². The highest BCUT2D eigenvalue weighted by Gasteiger charge is 2.12. The Morgan fingerprint density at radius 3 is 2.47 bits per heavy atom. The SMILES string of the molecule is Cc1cc2c(N(C)C)nc(-c3ccccc3)nc2s1. The fourth-order valence-electron chi connectivity index (χ4n) is 2.08. The summed E-state index contributed by atoms with van der Waals surface area (Å²) in [5, 5.41) is 1.13. The smallest absolute Gasteiger partial charge is 0.163 e. The molecule has 0 aliphatic carbocycles. The van der Waals surface area contributed by atoms with E-state index in [0.29, 0.717) is 0 Å². The van der Waals surface area contributed by atoms with Crippen LogP contribution in [0.3, 0.4) is 0 Å². The Kier molecular flexibility index (Phi) is 2.95. The van der Waals surface area contributed by atoms with Crippen molar-refractivity contribution in [1.82, 2.24) is 9.97 Å². The summed E-state index contributed by atoms with van der Waals surface area (Å²) in [6, 6.07) is 12.3. The van der Waals surface area contributed by atoms with Crippen molar-refractivity contribution in [3.63, 3.8) is 0 Å². The van der Waals surface area contributed by atoms with E-state index in [2.05, 4.69) is 13.0 Å². The quantitative estimate of drug-likeness (QED) is 0.709. The van der Waals surface area contributed by atoms with Crippen LogP contribution in [0.1, 0.15) is 4.88 Å². The molecule has 3 rings (SSSR count). The number of hydrogen-bond acceptors (Lipinski definition) is 4. The lowest BCUT2D eigenvalue weighted by atomic mass is 10.2. The number of aryl methyl sites for hydroxylation is 1. The lowest BCUT2D eigenvalue weighted by Gasteiger charge is -2.13. The van der Waals surface area contributed by atoms with Gasteiger partial charge in [-0.3, -0.25) is 0 Å². The van der Waals surface area contributed by atoms with E-state index in [9.17, 15) is 0 Å². The van der Waals surface area contributed by atoms with Crippen molar-refractivity contribution in [2.45, 2.75) is 6.92 Å². The predicted molar refractivity (Wildman–Crippen MR) is 81.9 cm³/mol. The van der Waals surface area contributed by atoms with Crippen LogP contribution in [-0.4, -0.2) is 24.1 Å². The molecule has 2 aromatic heterocycles. The molecule has 0 fully saturated rings. The molecule has 3 nitrogen and oxygen atoms in total. The molecule has 96 valence electrons. The summed E-state index contributed by atoms with van der Waals surface area (Å²) in [6.45, 7) is 2.11. The summed E-state index contributed by atoms with van der Waals surface area (Å²) in [7, 11) is 4.03. The highest BCUT2D eigenvalue weighted by molar-refractivity contribution is 7.18. The molecule has 0 amide bonds. The number of fused-ring (bicyclic) bond motifs is 1. The van der Waals surface area contributed by atoms with Gasteiger partial charge in [-0.2, -0.15) is 0 Å². The number of anilines is 1. The van der Waals surface area contributed by atoms with Gasteiger partial charge in [-0.1, -0.05) is 30.3 Å². The first kappa shape index (κ1) is 12.1. The van der Waals surface area contributed by atoms with E-state index >= 15 is 0 Å². The molecule has 0 bridgehead atoms. The molecule has 0 aliphatic heterocycles. The van der Waals surface area contributed by atoms with Gasteiger partial charge in [-0.25, -0.2) is 9.97 Å². The monoisotopic (exact) mass is 269 g/mol. The molecule has 0 atom stereocenters. The zero-order valence-electron chi connectivity index (χ0n) is 11.2. The average Bonchev–Trinajstić information content (AvgIpc) is 2.78. The average molecular weight is 269 g/mol. The molecule has 3 aromatic rings. The number of rotatable bonds is 2. The van der Waals surface area contributed by atoms with Crippen molar-refractivity contribution in [2.24, 2.45) is 0 Å². The Morgan fingerprint density at radius 2 is 1.79 bits per heavy atom. The third-order valence-electron chi connectivity index (χ3n) is 2.95. The number of aromatic nitrogens is 2. The Labute approximate surface area is 116 Å². The van der Waals surface area contributed by atoms with E-state index < -0.39 is 0 Å². The molecule has 2 heterocycles. The minimum Gasteiger partial charge on any atom is -0.362 e. The Balaban J connectivity index is 2.27. The van der Waals surface area contributed by atoms with Crippen LogP contribution in [-0.2, 0) is 0 Å². The molecular weight excluding hydrogens is 254 g/mol. The fourth-order valence-corrected chi connectivity index (χ4v) is 2.96. The number of benzene rings is 1. The van der Waals surface area contributed by atoms with Crippen LogP contribution in [0.4, 0.5) is 5.82 Å². The molecule has 0 unspecified atom stereocenters. The highest BCUT2D eigenvalue weighted by atomic mass is 32.1. The van der Waals surface area contributed by atoms with E-state index in [1.54, 1.807) is 11.3 Å². The van der Waals surface area contributed by atoms with Crippen LogP contribution in [0, 0.1) is 6.92 Å². The number of thiophene rings is 1. The van der Waals surface area contributed by atoms with Gasteiger partial charge < -0.3 is 4.90 Å². The first-order chi connectivity index (χ1) is 9.15. The maximum Gasteiger partial charge on any atom is 0.163 e. The summed E-state index contributed by atoms with van der Waals surface area (Å²) in [6.07, 6.45) is 0. The van der Waals surface area contributed by atoms with Crippen molar-refractivity contribution in [3.8, 4) is 11.4 Å². The van der Waals surface area contributed by atoms with Crippen molar-refractivity contribution >= 4 is 27.4 Å². The van der Waals surface area contributed by atoms with Crippen LogP contribution in [0.5, 0.6) is 0 Å². The molecule has 0 saturated carbocycles. The standard InChI is InChI=1S/C15H15N3S/c1-10-9-12-14(18(2)3)16-13(17-15(12)19-10)11-7-5-4-6-8-11/h4-9H,1-3H3. The molecular formula is C15H15N3S. The maximum atomic E-state index is 4.71. The second-order valence-electron chi connectivity index (χ2n) is 4.71. The third-order valence-corrected chi connectivity index (χ3v) is 3.90. The predicted octanol–water partition coefficient (Wildman–Crippen LogP) is 3.73. The van der Waals surface area contributed by atoms with Crippen LogP contribution in [0.15, 0.2) is 36.4 Å². The zero-order chi connectivity index (χ0) is 13.4. The van der Waals surface area contributed by atoms with Crippen molar-refractivity contribution in [3.05, 3.63) is 41.3 Å². The van der Waals surface area contributed by atoms with Crippen LogP contribution < -0.4 is 4.90 Å². The Bertz CT molecular complexity index is 717. The van der Waals surface area contributed by atoms with Crippen molar-refractivity contribution in [2.75, 3.05) is 19.0 Å². The maximum absolute atomic E-state index is 4.71. The van der Waals surface area contributed by atoms with E-state index in [1.807, 2.05) is 49.3 Å². The topological polar surface area (TPSA) is 29.0 Å². The normalized spacial score (nSPS) is 10.9. The summed E-state index contributed by atoms with van der Waals surface area (Å²) in [5.41, 5.74) is 1.05. The molecule has 19 heavy (non-hydrogen) atoms. The van der Waals surface area contributed by atoms with Gasteiger partial charge in [0.15, 0.2) is 5.82 Å². The van der Waals surface area contributed by atoms with E-state index in [4.69, 9.17) is 9.97 Å². The zero-order valence-corrected chi connectivity index (χ0v) is 12.0. The van der Waals surface area contributed by atoms with Crippen molar-refractivity contribution in [1.29, 1.82) is 0 Å². The lowest BCUT2D eigenvalue weighted by Crippen LogP contribution is -2.11. The summed E-state index contributed by atoms with van der Waals surface area (Å²) < 4.78 is 0. The fraction of sp³-hybridized carbons (Fsp3) is 0.200. The molecule has 0 N–H and O–H groups in total. The van der Waals surface area contributed by atoms with Crippen LogP contribution in [0.2, 0.25) is 0 Å². The second-order valence-corrected chi connectivity index (χ2v) is 5.94. The van der Waals surface area contributed by atoms with E-state index in [1.165, 1.54) is 4.88 Å². The van der Waals surface area contributed by atoms with Gasteiger partial charge in [0.1, 0.15) is 10.6 Å². The molecule has 1 aromatic carbocycles. The second kappa shape index (κ2) is 4.63. The van der Waals surface area contributed by atoms with Gasteiger partial charge in [0.05, 0.1) is 5.39 Å². The van der Waals surface area contributed by atoms with Gasteiger partial charge in [0, 0.05) is 24.5 Å². The van der Waals surface area contributed by atoms with Gasteiger partial charge in [-0.15, -0.1) is 11.3 Å². The first-order valence-electron chi connectivity index (χ1n) is 6.16. The summed E-state index contributed by atoms with van der Waals surface area (Å²) >= 11 is 1.71. The molecule has 0 radical (unpaired) electrons. The number of nitrogens with zero attached hydrogens (tertiary/aromatic N) is 3. The Hall–Kier alpha value is -1.94. The first-order valence-corrected chi connectivity index (χ1v) is 6.98. The molecule has 0 aliphatic rings. The van der Waals surface area contributed by atoms with Crippen LogP contribution >= 0.6 is 11.3 Å². The molecule has 4 heteroatoms. The minimum atomic E-state index is 0.790. The molecule has 0 spiro atoms. The summed E-state index contributed by atoms with van der Waals surface area (Å²) in [4.78, 5) is 13.8. The van der Waals surface area contributed by atoms with E-state index in [0.717, 1.165) is 27.4 Å². The third kappa shape index (κ3) is 2.19. The minimum absolute atomic E-state index is 0.790. The van der Waals surface area contributed by atoms with E-state index in [-0.39, 0.29) is 0 Å². The lowest BCUT2D eigenvalue weighted by molar-refractivity contribution is 1.07. The van der Waals surface area contributed by atoms with Gasteiger partial charge in [0.2, 0.25) is 0 Å². The van der Waals surface area contributed by atoms with Gasteiger partial charge in [-0.05, 0) is 13.0 Å². The van der Waals surface area contributed by atoms with Crippen LogP contribution in [0.25, 0.3) is 21.6 Å². The number of hydrogen-bond donors (Lipinski definition) is 0. The molecule has 0 saturated heterocycles. The summed E-state index contributed by atoms with van der Waals surface area (Å²) in [5.74, 6) is 1.77. The largest absolute Gasteiger partial charge is 0.362 e. The van der Waals surface area contributed by atoms with Gasteiger partial charge >= 0.3 is 0 Å².